The van der Waals surface area contributed by atoms with Crippen LogP contribution in [0.2, 0.25) is 0 Å². The number of hydrogen-bond acceptors (Lipinski definition) is 8. The van der Waals surface area contributed by atoms with E-state index in [2.05, 4.69) is 34.1 Å². The van der Waals surface area contributed by atoms with Crippen LogP contribution in [0, 0.1) is 12.8 Å². The molecule has 1 aliphatic heterocycles. The van der Waals surface area contributed by atoms with E-state index in [-0.39, 0.29) is 30.4 Å². The molecule has 0 spiro atoms. The molecule has 0 aliphatic carbocycles. The van der Waals surface area contributed by atoms with Crippen molar-refractivity contribution in [3.63, 3.8) is 0 Å². The lowest BCUT2D eigenvalue weighted by Gasteiger charge is -2.35. The number of pyridine rings is 1. The van der Waals surface area contributed by atoms with Crippen LogP contribution in [0.4, 0.5) is 4.79 Å². The molecule has 3 heterocycles. The second kappa shape index (κ2) is 14.4. The summed E-state index contributed by atoms with van der Waals surface area (Å²) < 4.78 is 12.8. The highest BCUT2D eigenvalue weighted by Gasteiger charge is 2.28. The Morgan fingerprint density at radius 1 is 1.07 bits per heavy atom. The molecule has 0 bridgehead atoms. The molecule has 10 heteroatoms. The maximum absolute atomic E-state index is 13.9. The summed E-state index contributed by atoms with van der Waals surface area (Å²) in [4.78, 5) is 40.8. The maximum atomic E-state index is 13.9. The fourth-order valence-electron chi connectivity index (χ4n) is 5.99. The van der Waals surface area contributed by atoms with Crippen LogP contribution in [0.25, 0.3) is 10.9 Å². The van der Waals surface area contributed by atoms with Crippen molar-refractivity contribution in [1.29, 1.82) is 0 Å². The normalized spacial score (nSPS) is 14.4. The van der Waals surface area contributed by atoms with Gasteiger partial charge in [0.25, 0.3) is 5.56 Å². The molecular formula is C36H45N5O5. The zero-order valence-electron chi connectivity index (χ0n) is 27.5. The molecule has 0 unspecified atom stereocenters. The predicted molar refractivity (Wildman–Crippen MR) is 178 cm³/mol. The van der Waals surface area contributed by atoms with Gasteiger partial charge in [-0.3, -0.25) is 19.2 Å². The lowest BCUT2D eigenvalue weighted by molar-refractivity contribution is 0.0172. The number of carbonyl (C=O) groups excluding carboxylic acids is 1. The van der Waals surface area contributed by atoms with Crippen molar-refractivity contribution in [3.05, 3.63) is 99.4 Å². The number of benzene rings is 2. The standard InChI is InChI=1S/C36H45N5O5/c1-25-11-12-28(31(19-25)45-5)22-41-32(24-42)38-33-29(34(41)43)13-16-37-30(33)23-40(35(44)46-36(2,3)4)21-27-14-17-39(18-15-27)20-26-9-7-6-8-10-26/h6-13,16,19,27,42H,14-15,17-18,20-24H2,1-5H3. The van der Waals surface area contributed by atoms with Crippen molar-refractivity contribution >= 4 is 17.0 Å². The van der Waals surface area contributed by atoms with Gasteiger partial charge in [0.15, 0.2) is 0 Å². The van der Waals surface area contributed by atoms with Gasteiger partial charge in [0.1, 0.15) is 29.3 Å². The van der Waals surface area contributed by atoms with E-state index >= 15 is 0 Å². The molecular weight excluding hydrogens is 582 g/mol. The van der Waals surface area contributed by atoms with Crippen molar-refractivity contribution in [3.8, 4) is 5.75 Å². The number of aromatic nitrogens is 3. The molecule has 0 saturated carbocycles. The molecule has 4 aromatic rings. The topological polar surface area (TPSA) is 110 Å². The first-order chi connectivity index (χ1) is 22.0. The predicted octanol–water partition coefficient (Wildman–Crippen LogP) is 5.30. The van der Waals surface area contributed by atoms with Gasteiger partial charge in [0.05, 0.1) is 31.3 Å². The highest BCUT2D eigenvalue weighted by atomic mass is 16.6. The second-order valence-electron chi connectivity index (χ2n) is 13.1. The third kappa shape index (κ3) is 8.10. The SMILES string of the molecule is COc1cc(C)ccc1Cn1c(CO)nc2c(CN(CC3CCN(Cc4ccccc4)CC3)C(=O)OC(C)(C)C)nccc2c1=O. The van der Waals surface area contributed by atoms with E-state index < -0.39 is 18.3 Å². The van der Waals surface area contributed by atoms with Gasteiger partial charge in [-0.05, 0) is 82.8 Å². The number of rotatable bonds is 10. The summed E-state index contributed by atoms with van der Waals surface area (Å²) in [5.74, 6) is 1.16. The third-order valence-electron chi connectivity index (χ3n) is 8.37. The number of nitrogens with zero attached hydrogens (tertiary/aromatic N) is 5. The van der Waals surface area contributed by atoms with Gasteiger partial charge in [-0.2, -0.15) is 0 Å². The van der Waals surface area contributed by atoms with E-state index in [1.807, 2.05) is 52.0 Å². The number of hydrogen-bond donors (Lipinski definition) is 1. The molecule has 46 heavy (non-hydrogen) atoms. The molecule has 2 aromatic heterocycles. The van der Waals surface area contributed by atoms with Crippen molar-refractivity contribution in [2.24, 2.45) is 5.92 Å². The second-order valence-corrected chi connectivity index (χ2v) is 13.1. The molecule has 10 nitrogen and oxygen atoms in total. The molecule has 1 aliphatic rings. The number of fused-ring (bicyclic) bond motifs is 1. The smallest absolute Gasteiger partial charge is 0.410 e. The third-order valence-corrected chi connectivity index (χ3v) is 8.37. The average Bonchev–Trinajstić information content (AvgIpc) is 3.03. The van der Waals surface area contributed by atoms with E-state index in [0.717, 1.165) is 43.6 Å². The molecule has 2 aromatic carbocycles. The Bertz CT molecular complexity index is 1710. The number of carbonyl (C=O) groups is 1. The Hall–Kier alpha value is -4.28. The summed E-state index contributed by atoms with van der Waals surface area (Å²) in [7, 11) is 1.59. The Morgan fingerprint density at radius 3 is 2.48 bits per heavy atom. The van der Waals surface area contributed by atoms with Crippen molar-refractivity contribution < 1.29 is 19.4 Å². The quantitative estimate of drug-likeness (QED) is 0.252. The highest BCUT2D eigenvalue weighted by Crippen LogP contribution is 2.25. The van der Waals surface area contributed by atoms with Gasteiger partial charge >= 0.3 is 6.09 Å². The minimum atomic E-state index is -0.673. The Labute approximate surface area is 270 Å². The first-order valence-electron chi connectivity index (χ1n) is 15.9. The molecule has 0 atom stereocenters. The van der Waals surface area contributed by atoms with Gasteiger partial charge < -0.3 is 19.5 Å². The van der Waals surface area contributed by atoms with Crippen LogP contribution in [0.1, 0.15) is 61.8 Å². The summed E-state index contributed by atoms with van der Waals surface area (Å²) >= 11 is 0. The minimum absolute atomic E-state index is 0.129. The van der Waals surface area contributed by atoms with E-state index in [1.54, 1.807) is 24.3 Å². The van der Waals surface area contributed by atoms with Gasteiger partial charge in [0, 0.05) is 24.8 Å². The van der Waals surface area contributed by atoms with Crippen LogP contribution in [0.3, 0.4) is 0 Å². The number of methoxy groups -OCH3 is 1. The number of piperidine rings is 1. The first-order valence-corrected chi connectivity index (χ1v) is 15.9. The number of likely N-dealkylation sites (tertiary alicyclic amines) is 1. The van der Waals surface area contributed by atoms with Gasteiger partial charge in [-0.25, -0.2) is 9.78 Å². The van der Waals surface area contributed by atoms with Crippen LogP contribution >= 0.6 is 0 Å². The minimum Gasteiger partial charge on any atom is -0.496 e. The number of aryl methyl sites for hydroxylation is 1. The maximum Gasteiger partial charge on any atom is 0.410 e. The highest BCUT2D eigenvalue weighted by molar-refractivity contribution is 5.80. The van der Waals surface area contributed by atoms with Crippen LogP contribution in [-0.2, 0) is 31.0 Å². The molecule has 244 valence electrons. The van der Waals surface area contributed by atoms with E-state index in [4.69, 9.17) is 14.5 Å². The van der Waals surface area contributed by atoms with Gasteiger partial charge in [0.2, 0.25) is 0 Å². The molecule has 0 radical (unpaired) electrons. The average molecular weight is 628 g/mol. The molecule has 1 amide bonds. The molecule has 1 saturated heterocycles. The molecule has 1 N–H and O–H groups in total. The van der Waals surface area contributed by atoms with E-state index in [9.17, 15) is 14.7 Å². The van der Waals surface area contributed by atoms with Crippen LogP contribution < -0.4 is 10.3 Å². The summed E-state index contributed by atoms with van der Waals surface area (Å²) in [6, 6.07) is 17.9. The summed E-state index contributed by atoms with van der Waals surface area (Å²) in [5.41, 5.74) is 3.01. The van der Waals surface area contributed by atoms with E-state index in [0.29, 0.717) is 28.9 Å². The Morgan fingerprint density at radius 2 is 1.80 bits per heavy atom. The van der Waals surface area contributed by atoms with Gasteiger partial charge in [-0.15, -0.1) is 0 Å². The summed E-state index contributed by atoms with van der Waals surface area (Å²) in [6.07, 6.45) is 3.05. The van der Waals surface area contributed by atoms with Crippen molar-refractivity contribution in [2.45, 2.75) is 72.4 Å². The van der Waals surface area contributed by atoms with Crippen LogP contribution in [0.5, 0.6) is 5.75 Å². The largest absolute Gasteiger partial charge is 0.496 e. The molecule has 1 fully saturated rings. The zero-order valence-corrected chi connectivity index (χ0v) is 27.5. The monoisotopic (exact) mass is 627 g/mol. The van der Waals surface area contributed by atoms with Crippen molar-refractivity contribution in [2.75, 3.05) is 26.7 Å². The lowest BCUT2D eigenvalue weighted by atomic mass is 9.95. The first kappa shape index (κ1) is 33.1. The number of aliphatic hydroxyl groups excluding tert-OH is 1. The van der Waals surface area contributed by atoms with Crippen LogP contribution in [0.15, 0.2) is 65.6 Å². The number of aliphatic hydroxyl groups is 1. The Kier molecular flexibility index (Phi) is 10.4. The van der Waals surface area contributed by atoms with Gasteiger partial charge in [-0.1, -0.05) is 42.5 Å². The number of amides is 1. The lowest BCUT2D eigenvalue weighted by Crippen LogP contribution is -2.42. The fraction of sp³-hybridized carbons (Fsp3) is 0.444. The number of ether oxygens (including phenoxy) is 2. The summed E-state index contributed by atoms with van der Waals surface area (Å²) in [5, 5.41) is 10.7. The molecule has 5 rings (SSSR count). The fourth-order valence-corrected chi connectivity index (χ4v) is 5.99. The summed E-state index contributed by atoms with van der Waals surface area (Å²) in [6.45, 7) is 10.7. The van der Waals surface area contributed by atoms with Crippen LogP contribution in [-0.4, -0.2) is 67.9 Å². The Balaban J connectivity index is 1.40. The van der Waals surface area contributed by atoms with Crippen molar-refractivity contribution in [1.82, 2.24) is 24.3 Å². The zero-order chi connectivity index (χ0) is 32.8. The van der Waals surface area contributed by atoms with E-state index in [1.165, 1.54) is 10.1 Å².